The quantitative estimate of drug-likeness (QED) is 0.620. The van der Waals surface area contributed by atoms with Gasteiger partial charge >= 0.3 is 0 Å². The number of imide groups is 1. The van der Waals surface area contributed by atoms with Gasteiger partial charge in [0.15, 0.2) is 0 Å². The average Bonchev–Trinajstić information content (AvgIpc) is 3.20. The summed E-state index contributed by atoms with van der Waals surface area (Å²) in [4.78, 5) is 40.2. The van der Waals surface area contributed by atoms with Gasteiger partial charge in [0.25, 0.3) is 5.91 Å². The first kappa shape index (κ1) is 22.5. The number of carbonyl (C=O) groups is 3. The number of nitrogens with zero attached hydrogens (tertiary/aromatic N) is 2. The van der Waals surface area contributed by atoms with Crippen molar-refractivity contribution in [1.82, 2.24) is 15.1 Å². The van der Waals surface area contributed by atoms with Gasteiger partial charge in [-0.1, -0.05) is 30.3 Å². The molecule has 0 spiro atoms. The maximum Gasteiger partial charge on any atom is 0.255 e. The summed E-state index contributed by atoms with van der Waals surface area (Å²) in [7, 11) is 0. The minimum absolute atomic E-state index is 0.218. The van der Waals surface area contributed by atoms with E-state index in [0.29, 0.717) is 50.6 Å². The van der Waals surface area contributed by atoms with Crippen LogP contribution in [0.3, 0.4) is 0 Å². The molecule has 0 saturated carbocycles. The van der Waals surface area contributed by atoms with Crippen LogP contribution in [0.15, 0.2) is 42.5 Å². The maximum atomic E-state index is 13.0. The highest BCUT2D eigenvalue weighted by molar-refractivity contribution is 6.05. The summed E-state index contributed by atoms with van der Waals surface area (Å²) in [6, 6.07) is 12.3. The Morgan fingerprint density at radius 3 is 2.59 bits per heavy atom. The fraction of sp³-hybridized carbons (Fsp3) is 0.400. The summed E-state index contributed by atoms with van der Waals surface area (Å²) >= 11 is 0. The molecule has 178 valence electrons. The van der Waals surface area contributed by atoms with Gasteiger partial charge in [-0.3, -0.25) is 24.6 Å². The molecule has 3 aliphatic heterocycles. The molecule has 0 aromatic heterocycles. The number of amides is 3. The number of hydrogen-bond acceptors (Lipinski definition) is 7. The lowest BCUT2D eigenvalue weighted by Gasteiger charge is -2.31. The van der Waals surface area contributed by atoms with Crippen molar-refractivity contribution < 1.29 is 29.0 Å². The van der Waals surface area contributed by atoms with Crippen molar-refractivity contribution in [3.05, 3.63) is 64.7 Å². The van der Waals surface area contributed by atoms with Crippen LogP contribution < -0.4 is 10.1 Å². The largest absolute Gasteiger partial charge is 0.489 e. The Labute approximate surface area is 197 Å². The molecule has 0 radical (unpaired) electrons. The summed E-state index contributed by atoms with van der Waals surface area (Å²) in [6.07, 6.45) is -0.125. The average molecular weight is 466 g/mol. The van der Waals surface area contributed by atoms with Crippen molar-refractivity contribution in [2.75, 3.05) is 26.3 Å². The van der Waals surface area contributed by atoms with E-state index in [1.54, 1.807) is 12.1 Å². The van der Waals surface area contributed by atoms with Crippen molar-refractivity contribution in [2.24, 2.45) is 0 Å². The normalized spacial score (nSPS) is 21.9. The molecule has 34 heavy (non-hydrogen) atoms. The van der Waals surface area contributed by atoms with Crippen LogP contribution in [0.5, 0.6) is 5.75 Å². The molecular weight excluding hydrogens is 438 g/mol. The van der Waals surface area contributed by atoms with Gasteiger partial charge in [0.1, 0.15) is 24.6 Å². The highest BCUT2D eigenvalue weighted by atomic mass is 16.5. The monoisotopic (exact) mass is 465 g/mol. The van der Waals surface area contributed by atoms with E-state index in [2.05, 4.69) is 5.32 Å². The lowest BCUT2D eigenvalue weighted by molar-refractivity contribution is -0.136. The molecule has 2 atom stereocenters. The fourth-order valence-corrected chi connectivity index (χ4v) is 4.67. The first-order valence-corrected chi connectivity index (χ1v) is 11.5. The van der Waals surface area contributed by atoms with Gasteiger partial charge in [-0.15, -0.1) is 0 Å². The van der Waals surface area contributed by atoms with E-state index in [1.165, 1.54) is 4.90 Å². The highest BCUT2D eigenvalue weighted by Gasteiger charge is 2.40. The maximum absolute atomic E-state index is 13.0. The molecule has 2 fully saturated rings. The Balaban J connectivity index is 1.24. The van der Waals surface area contributed by atoms with E-state index in [1.807, 2.05) is 35.2 Å². The van der Waals surface area contributed by atoms with Crippen LogP contribution in [-0.2, 0) is 27.5 Å². The Morgan fingerprint density at radius 2 is 1.85 bits per heavy atom. The van der Waals surface area contributed by atoms with E-state index in [9.17, 15) is 19.5 Å². The van der Waals surface area contributed by atoms with Crippen molar-refractivity contribution in [3.63, 3.8) is 0 Å². The zero-order chi connectivity index (χ0) is 23.7. The van der Waals surface area contributed by atoms with Crippen LogP contribution in [0.4, 0.5) is 0 Å². The number of aliphatic hydroxyl groups is 1. The van der Waals surface area contributed by atoms with Crippen LogP contribution >= 0.6 is 0 Å². The van der Waals surface area contributed by atoms with Gasteiger partial charge in [-0.05, 0) is 29.7 Å². The van der Waals surface area contributed by atoms with E-state index < -0.39 is 18.2 Å². The van der Waals surface area contributed by atoms with E-state index in [0.717, 1.165) is 16.7 Å². The number of nitrogens with one attached hydrogen (secondary N) is 1. The third-order valence-corrected chi connectivity index (χ3v) is 6.60. The molecule has 2 unspecified atom stereocenters. The first-order chi connectivity index (χ1) is 16.5. The number of hydrogen-bond donors (Lipinski definition) is 2. The SMILES string of the molecule is O=C1CCC(N2Cc3c(OCc4ccc(C(O)N5CCOCC5)cc4)cccc3C2=O)C(=O)N1. The lowest BCUT2D eigenvalue weighted by atomic mass is 10.0. The highest BCUT2D eigenvalue weighted by Crippen LogP contribution is 2.34. The van der Waals surface area contributed by atoms with Gasteiger partial charge in [-0.2, -0.15) is 0 Å². The summed E-state index contributed by atoms with van der Waals surface area (Å²) < 4.78 is 11.4. The van der Waals surface area contributed by atoms with Gasteiger partial charge in [0, 0.05) is 30.6 Å². The van der Waals surface area contributed by atoms with E-state index in [4.69, 9.17) is 9.47 Å². The minimum Gasteiger partial charge on any atom is -0.489 e. The Morgan fingerprint density at radius 1 is 1.09 bits per heavy atom. The number of piperidine rings is 1. The summed E-state index contributed by atoms with van der Waals surface area (Å²) in [5.74, 6) is -0.369. The van der Waals surface area contributed by atoms with Crippen LogP contribution in [0.1, 0.15) is 46.1 Å². The Bertz CT molecular complexity index is 1100. The molecule has 2 saturated heterocycles. The van der Waals surface area contributed by atoms with Crippen molar-refractivity contribution in [2.45, 2.75) is 38.3 Å². The summed E-state index contributed by atoms with van der Waals surface area (Å²) in [5.41, 5.74) is 3.02. The number of rotatable bonds is 6. The second-order valence-corrected chi connectivity index (χ2v) is 8.73. The van der Waals surface area contributed by atoms with E-state index in [-0.39, 0.29) is 24.8 Å². The molecule has 0 bridgehead atoms. The zero-order valence-corrected chi connectivity index (χ0v) is 18.7. The summed E-state index contributed by atoms with van der Waals surface area (Å²) in [5, 5.41) is 12.9. The van der Waals surface area contributed by atoms with Crippen LogP contribution in [0, 0.1) is 0 Å². The van der Waals surface area contributed by atoms with Gasteiger partial charge in [0.05, 0.1) is 19.8 Å². The Kier molecular flexibility index (Phi) is 6.32. The van der Waals surface area contributed by atoms with Crippen LogP contribution in [0.2, 0.25) is 0 Å². The second-order valence-electron chi connectivity index (χ2n) is 8.73. The molecule has 9 nitrogen and oxygen atoms in total. The number of ether oxygens (including phenoxy) is 2. The fourth-order valence-electron chi connectivity index (χ4n) is 4.67. The molecule has 3 amide bonds. The lowest BCUT2D eigenvalue weighted by Crippen LogP contribution is -2.52. The molecule has 9 heteroatoms. The molecule has 5 rings (SSSR count). The van der Waals surface area contributed by atoms with Gasteiger partial charge in [0.2, 0.25) is 11.8 Å². The number of aliphatic hydroxyl groups excluding tert-OH is 1. The topological polar surface area (TPSA) is 108 Å². The molecule has 2 aromatic rings. The van der Waals surface area contributed by atoms with Crippen molar-refractivity contribution in [1.29, 1.82) is 0 Å². The third-order valence-electron chi connectivity index (χ3n) is 6.60. The van der Waals surface area contributed by atoms with Crippen LogP contribution in [-0.4, -0.2) is 65.0 Å². The summed E-state index contributed by atoms with van der Waals surface area (Å²) in [6.45, 7) is 3.19. The molecule has 0 aliphatic carbocycles. The zero-order valence-electron chi connectivity index (χ0n) is 18.7. The number of benzene rings is 2. The predicted molar refractivity (Wildman–Crippen MR) is 121 cm³/mol. The van der Waals surface area contributed by atoms with Crippen LogP contribution in [0.25, 0.3) is 0 Å². The molecule has 2 aromatic carbocycles. The minimum atomic E-state index is -0.666. The molecule has 2 N–H and O–H groups in total. The van der Waals surface area contributed by atoms with Crippen molar-refractivity contribution >= 4 is 17.7 Å². The molecular formula is C25H27N3O6. The van der Waals surface area contributed by atoms with E-state index >= 15 is 0 Å². The third kappa shape index (κ3) is 4.42. The molecule has 3 heterocycles. The standard InChI is InChI=1S/C25H27N3O6/c29-22-9-8-20(23(30)26-22)28-14-19-18(25(28)32)2-1-3-21(19)34-15-16-4-6-17(7-5-16)24(31)27-10-12-33-13-11-27/h1-7,20,24,31H,8-15H2,(H,26,29,30). The first-order valence-electron chi connectivity index (χ1n) is 11.5. The number of morpholine rings is 1. The smallest absolute Gasteiger partial charge is 0.255 e. The van der Waals surface area contributed by atoms with Gasteiger partial charge < -0.3 is 19.5 Å². The molecule has 3 aliphatic rings. The second kappa shape index (κ2) is 9.54. The predicted octanol–water partition coefficient (Wildman–Crippen LogP) is 1.35. The van der Waals surface area contributed by atoms with Crippen molar-refractivity contribution in [3.8, 4) is 5.75 Å². The van der Waals surface area contributed by atoms with Gasteiger partial charge in [-0.25, -0.2) is 0 Å². The Hall–Kier alpha value is -3.27. The number of fused-ring (bicyclic) bond motifs is 1. The number of carbonyl (C=O) groups excluding carboxylic acids is 3.